The monoisotopic (exact) mass is 477 g/mol. The lowest BCUT2D eigenvalue weighted by Gasteiger charge is -2.24. The second kappa shape index (κ2) is 12.6. The zero-order chi connectivity index (χ0) is 25.4. The predicted octanol–water partition coefficient (Wildman–Crippen LogP) is 3.99. The maximum atomic E-state index is 14.5. The first-order valence-electron chi connectivity index (χ1n) is 12.2. The SMILES string of the molecule is CC.CC1/C(=C\C(=C/N)c2ccc(CC3CNCCO3)cc2-c2ccc(C#N)c(F)c2)CNN1C. The molecule has 4 rings (SSSR count). The molecule has 7 heteroatoms. The molecule has 0 aromatic heterocycles. The standard InChI is InChI=1S/C26H30FN5O.C2H6/c1-17-22(15-31-32(17)2)11-21(14-29)24-6-3-18(9-23-16-30-7-8-33-23)10-25(24)19-4-5-20(13-28)26(27)12-19;1-2/h3-6,10-12,14,17,23,30-31H,7-9,15-16,29H2,1-2H3;1-2H3/b21-14+,22-11-;. The van der Waals surface area contributed by atoms with Crippen molar-refractivity contribution in [2.24, 2.45) is 5.73 Å². The minimum absolute atomic E-state index is 0.0312. The van der Waals surface area contributed by atoms with Gasteiger partial charge in [-0.3, -0.25) is 5.43 Å². The number of hydrazine groups is 1. The van der Waals surface area contributed by atoms with E-state index in [0.29, 0.717) is 12.2 Å². The van der Waals surface area contributed by atoms with Crippen molar-refractivity contribution in [1.29, 1.82) is 5.26 Å². The Bertz CT molecular complexity index is 1110. The van der Waals surface area contributed by atoms with Crippen molar-refractivity contribution >= 4 is 5.57 Å². The zero-order valence-corrected chi connectivity index (χ0v) is 21.1. The van der Waals surface area contributed by atoms with Crippen LogP contribution in [-0.4, -0.2) is 50.4 Å². The van der Waals surface area contributed by atoms with E-state index >= 15 is 0 Å². The average molecular weight is 478 g/mol. The minimum Gasteiger partial charge on any atom is -0.404 e. The van der Waals surface area contributed by atoms with Crippen molar-refractivity contribution in [1.82, 2.24) is 15.8 Å². The lowest BCUT2D eigenvalue weighted by molar-refractivity contribution is 0.0292. The molecular weight excluding hydrogens is 441 g/mol. The van der Waals surface area contributed by atoms with Crippen molar-refractivity contribution < 1.29 is 9.13 Å². The molecular formula is C28H36FN5O. The molecule has 0 amide bonds. The molecule has 2 aliphatic heterocycles. The second-order valence-electron chi connectivity index (χ2n) is 8.55. The molecule has 2 saturated heterocycles. The molecule has 35 heavy (non-hydrogen) atoms. The van der Waals surface area contributed by atoms with Gasteiger partial charge in [-0.05, 0) is 58.9 Å². The molecule has 2 unspecified atom stereocenters. The second-order valence-corrected chi connectivity index (χ2v) is 8.55. The summed E-state index contributed by atoms with van der Waals surface area (Å²) in [5.41, 5.74) is 15.1. The Morgan fingerprint density at radius 1 is 1.29 bits per heavy atom. The summed E-state index contributed by atoms with van der Waals surface area (Å²) in [4.78, 5) is 0. The number of hydrogen-bond acceptors (Lipinski definition) is 6. The van der Waals surface area contributed by atoms with Crippen LogP contribution >= 0.6 is 0 Å². The molecule has 2 aliphatic rings. The van der Waals surface area contributed by atoms with Gasteiger partial charge in [0.2, 0.25) is 0 Å². The number of rotatable bonds is 5. The van der Waals surface area contributed by atoms with Gasteiger partial charge in [0.25, 0.3) is 0 Å². The third kappa shape index (κ3) is 6.36. The van der Waals surface area contributed by atoms with Crippen LogP contribution in [0.25, 0.3) is 16.7 Å². The van der Waals surface area contributed by atoms with Crippen LogP contribution < -0.4 is 16.5 Å². The maximum absolute atomic E-state index is 14.5. The maximum Gasteiger partial charge on any atom is 0.141 e. The van der Waals surface area contributed by atoms with Crippen LogP contribution in [0.2, 0.25) is 0 Å². The van der Waals surface area contributed by atoms with E-state index in [2.05, 4.69) is 40.9 Å². The number of allylic oxidation sites excluding steroid dienone is 2. The lowest BCUT2D eigenvalue weighted by atomic mass is 9.90. The van der Waals surface area contributed by atoms with Crippen LogP contribution in [0.5, 0.6) is 0 Å². The number of halogens is 1. The Kier molecular flexibility index (Phi) is 9.58. The van der Waals surface area contributed by atoms with E-state index in [9.17, 15) is 4.39 Å². The highest BCUT2D eigenvalue weighted by atomic mass is 19.1. The zero-order valence-electron chi connectivity index (χ0n) is 21.1. The van der Waals surface area contributed by atoms with Crippen molar-refractivity contribution in [2.45, 2.75) is 39.3 Å². The molecule has 0 radical (unpaired) electrons. The molecule has 2 aromatic carbocycles. The molecule has 2 fully saturated rings. The first kappa shape index (κ1) is 26.6. The van der Waals surface area contributed by atoms with E-state index in [1.807, 2.05) is 33.0 Å². The molecule has 0 saturated carbocycles. The first-order chi connectivity index (χ1) is 17.0. The summed E-state index contributed by atoms with van der Waals surface area (Å²) in [6, 6.07) is 13.1. The Morgan fingerprint density at radius 3 is 2.69 bits per heavy atom. The van der Waals surface area contributed by atoms with Crippen LogP contribution in [0.1, 0.15) is 37.5 Å². The Hall–Kier alpha value is -3.02. The van der Waals surface area contributed by atoms with Crippen LogP contribution in [0.15, 0.2) is 54.2 Å². The highest BCUT2D eigenvalue weighted by molar-refractivity contribution is 5.86. The average Bonchev–Trinajstić information content (AvgIpc) is 3.21. The fourth-order valence-electron chi connectivity index (χ4n) is 4.33. The fraction of sp³-hybridized carbons (Fsp3) is 0.393. The van der Waals surface area contributed by atoms with Gasteiger partial charge in [0.1, 0.15) is 11.9 Å². The number of nitrogens with two attached hydrogens (primary N) is 1. The normalized spacial score (nSPS) is 21.9. The third-order valence-corrected chi connectivity index (χ3v) is 6.43. The number of nitrogens with one attached hydrogen (secondary N) is 2. The summed E-state index contributed by atoms with van der Waals surface area (Å²) in [6.45, 7) is 9.26. The van der Waals surface area contributed by atoms with Crippen LogP contribution in [-0.2, 0) is 11.2 Å². The number of nitriles is 1. The van der Waals surface area contributed by atoms with Gasteiger partial charge < -0.3 is 15.8 Å². The highest BCUT2D eigenvalue weighted by Crippen LogP contribution is 2.33. The van der Waals surface area contributed by atoms with Gasteiger partial charge in [-0.1, -0.05) is 44.2 Å². The van der Waals surface area contributed by atoms with E-state index < -0.39 is 5.82 Å². The molecule has 186 valence electrons. The van der Waals surface area contributed by atoms with Crippen molar-refractivity contribution in [3.8, 4) is 17.2 Å². The molecule has 2 aromatic rings. The number of nitrogens with zero attached hydrogens (tertiary/aromatic N) is 2. The van der Waals surface area contributed by atoms with E-state index in [1.165, 1.54) is 17.7 Å². The van der Waals surface area contributed by atoms with Crippen molar-refractivity contribution in [3.63, 3.8) is 0 Å². The van der Waals surface area contributed by atoms with Gasteiger partial charge in [0.15, 0.2) is 0 Å². The van der Waals surface area contributed by atoms with Gasteiger partial charge in [-0.2, -0.15) is 5.26 Å². The number of benzene rings is 2. The van der Waals surface area contributed by atoms with Crippen LogP contribution in [0.3, 0.4) is 0 Å². The molecule has 0 spiro atoms. The summed E-state index contributed by atoms with van der Waals surface area (Å²) in [6.07, 6.45) is 4.56. The van der Waals surface area contributed by atoms with E-state index in [1.54, 1.807) is 12.3 Å². The largest absolute Gasteiger partial charge is 0.404 e. The van der Waals surface area contributed by atoms with E-state index in [4.69, 9.17) is 15.7 Å². The van der Waals surface area contributed by atoms with E-state index in [-0.39, 0.29) is 17.7 Å². The van der Waals surface area contributed by atoms with Gasteiger partial charge in [-0.15, -0.1) is 0 Å². The Morgan fingerprint density at radius 2 is 2.09 bits per heavy atom. The van der Waals surface area contributed by atoms with Crippen LogP contribution in [0.4, 0.5) is 4.39 Å². The Labute approximate surface area is 208 Å². The first-order valence-corrected chi connectivity index (χ1v) is 12.2. The van der Waals surface area contributed by atoms with E-state index in [0.717, 1.165) is 48.3 Å². The number of likely N-dealkylation sites (N-methyl/N-ethyl adjacent to an activating group) is 1. The molecule has 0 aliphatic carbocycles. The van der Waals surface area contributed by atoms with Crippen molar-refractivity contribution in [3.05, 3.63) is 76.8 Å². The third-order valence-electron chi connectivity index (χ3n) is 6.43. The molecule has 0 bridgehead atoms. The highest BCUT2D eigenvalue weighted by Gasteiger charge is 2.22. The van der Waals surface area contributed by atoms with Crippen molar-refractivity contribution in [2.75, 3.05) is 33.3 Å². The Balaban J connectivity index is 0.00000167. The van der Waals surface area contributed by atoms with Gasteiger partial charge in [-0.25, -0.2) is 9.40 Å². The molecule has 2 atom stereocenters. The quantitative estimate of drug-likeness (QED) is 0.604. The summed E-state index contributed by atoms with van der Waals surface area (Å²) in [7, 11) is 2.01. The van der Waals surface area contributed by atoms with Gasteiger partial charge in [0, 0.05) is 38.9 Å². The summed E-state index contributed by atoms with van der Waals surface area (Å²) in [5.74, 6) is -0.530. The summed E-state index contributed by atoms with van der Waals surface area (Å²) in [5, 5.41) is 14.6. The number of hydrogen-bond donors (Lipinski definition) is 3. The molecule has 6 nitrogen and oxygen atoms in total. The predicted molar refractivity (Wildman–Crippen MR) is 140 cm³/mol. The smallest absolute Gasteiger partial charge is 0.141 e. The molecule has 4 N–H and O–H groups in total. The number of morpholine rings is 1. The van der Waals surface area contributed by atoms with Gasteiger partial charge in [0.05, 0.1) is 18.3 Å². The number of ether oxygens (including phenoxy) is 1. The minimum atomic E-state index is -0.530. The van der Waals surface area contributed by atoms with Gasteiger partial charge >= 0.3 is 0 Å². The molecule has 2 heterocycles. The summed E-state index contributed by atoms with van der Waals surface area (Å²) < 4.78 is 20.4. The topological polar surface area (TPSA) is 86.3 Å². The lowest BCUT2D eigenvalue weighted by Crippen LogP contribution is -2.39. The fourth-order valence-corrected chi connectivity index (χ4v) is 4.33. The summed E-state index contributed by atoms with van der Waals surface area (Å²) >= 11 is 0. The van der Waals surface area contributed by atoms with Crippen LogP contribution in [0, 0.1) is 17.1 Å².